The van der Waals surface area contributed by atoms with Gasteiger partial charge in [0.05, 0.1) is 6.04 Å². The van der Waals surface area contributed by atoms with Crippen LogP contribution < -0.4 is 11.1 Å². The maximum absolute atomic E-state index is 12.0. The molecule has 0 spiro atoms. The van der Waals surface area contributed by atoms with Gasteiger partial charge in [0.15, 0.2) is 0 Å². The quantitative estimate of drug-likeness (QED) is 0.625. The van der Waals surface area contributed by atoms with Gasteiger partial charge in [0, 0.05) is 30.3 Å². The number of thioether (sulfide) groups is 1. The number of hydrogen-bond donors (Lipinski definition) is 2. The van der Waals surface area contributed by atoms with Crippen LogP contribution in [0, 0.1) is 0 Å². The summed E-state index contributed by atoms with van der Waals surface area (Å²) in [6.07, 6.45) is 0.937. The molecule has 0 bridgehead atoms. The standard InChI is InChI=1S/C9H17N3OS/c1-6-7(10)2-3-12(6)9(13)8-4-14-5-11-8/h6-8,11H,2-5,10H2,1H3. The van der Waals surface area contributed by atoms with E-state index in [1.807, 2.05) is 11.8 Å². The minimum Gasteiger partial charge on any atom is -0.337 e. The molecule has 0 aliphatic carbocycles. The van der Waals surface area contributed by atoms with Crippen molar-refractivity contribution in [2.45, 2.75) is 31.5 Å². The van der Waals surface area contributed by atoms with E-state index < -0.39 is 0 Å². The maximum atomic E-state index is 12.0. The van der Waals surface area contributed by atoms with E-state index in [4.69, 9.17) is 5.73 Å². The van der Waals surface area contributed by atoms with Gasteiger partial charge in [-0.2, -0.15) is 0 Å². The van der Waals surface area contributed by atoms with Crippen molar-refractivity contribution >= 4 is 17.7 Å². The fourth-order valence-electron chi connectivity index (χ4n) is 2.03. The molecule has 0 aromatic rings. The Bertz CT molecular complexity index is 230. The van der Waals surface area contributed by atoms with Crippen LogP contribution in [0.4, 0.5) is 0 Å². The van der Waals surface area contributed by atoms with Gasteiger partial charge in [-0.05, 0) is 13.3 Å². The highest BCUT2D eigenvalue weighted by molar-refractivity contribution is 7.99. The summed E-state index contributed by atoms with van der Waals surface area (Å²) in [4.78, 5) is 13.9. The molecule has 14 heavy (non-hydrogen) atoms. The van der Waals surface area contributed by atoms with Gasteiger partial charge in [0.1, 0.15) is 0 Å². The van der Waals surface area contributed by atoms with E-state index >= 15 is 0 Å². The topological polar surface area (TPSA) is 58.4 Å². The zero-order valence-corrected chi connectivity index (χ0v) is 9.22. The monoisotopic (exact) mass is 215 g/mol. The number of rotatable bonds is 1. The first-order valence-electron chi connectivity index (χ1n) is 5.07. The summed E-state index contributed by atoms with van der Waals surface area (Å²) < 4.78 is 0. The lowest BCUT2D eigenvalue weighted by atomic mass is 10.1. The van der Waals surface area contributed by atoms with Gasteiger partial charge in [-0.15, -0.1) is 11.8 Å². The molecule has 2 heterocycles. The summed E-state index contributed by atoms with van der Waals surface area (Å²) in [5, 5.41) is 3.20. The average molecular weight is 215 g/mol. The SMILES string of the molecule is CC1C(N)CCN1C(=O)C1CSCN1. The van der Waals surface area contributed by atoms with Crippen LogP contribution in [0.2, 0.25) is 0 Å². The molecule has 0 aromatic carbocycles. The van der Waals surface area contributed by atoms with E-state index in [9.17, 15) is 4.79 Å². The fourth-order valence-corrected chi connectivity index (χ4v) is 2.96. The predicted molar refractivity (Wildman–Crippen MR) is 58.0 cm³/mol. The highest BCUT2D eigenvalue weighted by atomic mass is 32.2. The molecule has 2 rings (SSSR count). The normalized spacial score (nSPS) is 37.9. The van der Waals surface area contributed by atoms with Crippen molar-refractivity contribution in [2.75, 3.05) is 18.2 Å². The van der Waals surface area contributed by atoms with Crippen LogP contribution in [0.15, 0.2) is 0 Å². The predicted octanol–water partition coefficient (Wildman–Crippen LogP) is -0.403. The van der Waals surface area contributed by atoms with Crippen LogP contribution in [0.1, 0.15) is 13.3 Å². The summed E-state index contributed by atoms with van der Waals surface area (Å²) >= 11 is 1.78. The van der Waals surface area contributed by atoms with Crippen molar-refractivity contribution < 1.29 is 4.79 Å². The molecule has 0 saturated carbocycles. The van der Waals surface area contributed by atoms with Crippen molar-refractivity contribution in [3.63, 3.8) is 0 Å². The number of nitrogens with one attached hydrogen (secondary N) is 1. The third kappa shape index (κ3) is 1.76. The molecule has 2 saturated heterocycles. The molecule has 2 fully saturated rings. The van der Waals surface area contributed by atoms with Gasteiger partial charge in [-0.3, -0.25) is 10.1 Å². The molecule has 1 amide bonds. The van der Waals surface area contributed by atoms with E-state index in [2.05, 4.69) is 5.32 Å². The molecule has 0 radical (unpaired) electrons. The molecule has 4 nitrogen and oxygen atoms in total. The Labute approximate surface area is 88.6 Å². The number of carbonyl (C=O) groups is 1. The average Bonchev–Trinajstić information content (AvgIpc) is 2.77. The van der Waals surface area contributed by atoms with E-state index in [0.29, 0.717) is 0 Å². The number of nitrogens with zero attached hydrogens (tertiary/aromatic N) is 1. The van der Waals surface area contributed by atoms with Gasteiger partial charge < -0.3 is 10.6 Å². The first-order chi connectivity index (χ1) is 6.70. The molecule has 80 valence electrons. The molecule has 0 aromatic heterocycles. The Morgan fingerprint density at radius 3 is 2.93 bits per heavy atom. The number of likely N-dealkylation sites (tertiary alicyclic amines) is 1. The minimum atomic E-state index is 0.0211. The second-order valence-electron chi connectivity index (χ2n) is 4.00. The molecular formula is C9H17N3OS. The van der Waals surface area contributed by atoms with Crippen molar-refractivity contribution in [1.29, 1.82) is 0 Å². The number of amides is 1. The highest BCUT2D eigenvalue weighted by Crippen LogP contribution is 2.19. The number of carbonyl (C=O) groups excluding carboxylic acids is 1. The Balaban J connectivity index is 1.97. The van der Waals surface area contributed by atoms with Gasteiger partial charge in [-0.25, -0.2) is 0 Å². The van der Waals surface area contributed by atoms with E-state index in [1.165, 1.54) is 0 Å². The van der Waals surface area contributed by atoms with Crippen molar-refractivity contribution in [3.05, 3.63) is 0 Å². The second-order valence-corrected chi connectivity index (χ2v) is 5.03. The third-order valence-corrected chi connectivity index (χ3v) is 4.05. The van der Waals surface area contributed by atoms with E-state index in [0.717, 1.165) is 24.6 Å². The summed E-state index contributed by atoms with van der Waals surface area (Å²) in [5.74, 6) is 2.03. The van der Waals surface area contributed by atoms with Crippen LogP contribution in [-0.4, -0.2) is 47.1 Å². The molecule has 3 unspecified atom stereocenters. The van der Waals surface area contributed by atoms with Gasteiger partial charge in [0.25, 0.3) is 0 Å². The minimum absolute atomic E-state index is 0.0211. The van der Waals surface area contributed by atoms with Gasteiger partial charge in [-0.1, -0.05) is 0 Å². The summed E-state index contributed by atoms with van der Waals surface area (Å²) in [6.45, 7) is 2.86. The molecule has 3 N–H and O–H groups in total. The van der Waals surface area contributed by atoms with Crippen LogP contribution in [0.5, 0.6) is 0 Å². The van der Waals surface area contributed by atoms with Crippen LogP contribution in [0.3, 0.4) is 0 Å². The van der Waals surface area contributed by atoms with E-state index in [1.54, 1.807) is 11.8 Å². The first kappa shape index (κ1) is 10.3. The summed E-state index contributed by atoms with van der Waals surface area (Å²) in [6, 6.07) is 0.385. The molecular weight excluding hydrogens is 198 g/mol. The Kier molecular flexibility index (Phi) is 2.99. The fraction of sp³-hybridized carbons (Fsp3) is 0.889. The van der Waals surface area contributed by atoms with E-state index in [-0.39, 0.29) is 24.0 Å². The Hall–Kier alpha value is -0.260. The lowest BCUT2D eigenvalue weighted by Gasteiger charge is -2.25. The number of hydrogen-bond acceptors (Lipinski definition) is 4. The zero-order chi connectivity index (χ0) is 10.1. The first-order valence-corrected chi connectivity index (χ1v) is 6.23. The highest BCUT2D eigenvalue weighted by Gasteiger charge is 2.35. The largest absolute Gasteiger partial charge is 0.337 e. The number of nitrogens with two attached hydrogens (primary N) is 1. The molecule has 2 aliphatic rings. The summed E-state index contributed by atoms with van der Waals surface area (Å²) in [5.41, 5.74) is 5.89. The molecule has 2 aliphatic heterocycles. The Morgan fingerprint density at radius 2 is 2.43 bits per heavy atom. The van der Waals surface area contributed by atoms with Crippen LogP contribution >= 0.6 is 11.8 Å². The molecule has 3 atom stereocenters. The zero-order valence-electron chi connectivity index (χ0n) is 8.40. The van der Waals surface area contributed by atoms with Gasteiger partial charge >= 0.3 is 0 Å². The second kappa shape index (κ2) is 4.08. The molecule has 5 heteroatoms. The van der Waals surface area contributed by atoms with Crippen LogP contribution in [-0.2, 0) is 4.79 Å². The van der Waals surface area contributed by atoms with Crippen LogP contribution in [0.25, 0.3) is 0 Å². The van der Waals surface area contributed by atoms with Crippen molar-refractivity contribution in [2.24, 2.45) is 5.73 Å². The lowest BCUT2D eigenvalue weighted by Crippen LogP contribution is -2.48. The maximum Gasteiger partial charge on any atom is 0.240 e. The smallest absolute Gasteiger partial charge is 0.240 e. The summed E-state index contributed by atoms with van der Waals surface area (Å²) in [7, 11) is 0. The lowest BCUT2D eigenvalue weighted by molar-refractivity contribution is -0.133. The Morgan fingerprint density at radius 1 is 1.64 bits per heavy atom. The third-order valence-electron chi connectivity index (χ3n) is 3.11. The van der Waals surface area contributed by atoms with Gasteiger partial charge in [0.2, 0.25) is 5.91 Å². The van der Waals surface area contributed by atoms with Crippen molar-refractivity contribution in [1.82, 2.24) is 10.2 Å². The van der Waals surface area contributed by atoms with Crippen molar-refractivity contribution in [3.8, 4) is 0 Å².